The van der Waals surface area contributed by atoms with Gasteiger partial charge in [-0.2, -0.15) is 9.37 Å². The Labute approximate surface area is 157 Å². The van der Waals surface area contributed by atoms with Gasteiger partial charge in [0.05, 0.1) is 17.1 Å². The average molecular weight is 402 g/mol. The van der Waals surface area contributed by atoms with Crippen LogP contribution in [0.2, 0.25) is 0 Å². The van der Waals surface area contributed by atoms with E-state index in [0.29, 0.717) is 18.9 Å². The highest BCUT2D eigenvalue weighted by Gasteiger charge is 2.28. The number of sulfone groups is 1. The molecule has 2 aliphatic rings. The van der Waals surface area contributed by atoms with Gasteiger partial charge < -0.3 is 16.4 Å². The van der Waals surface area contributed by atoms with Gasteiger partial charge in [0, 0.05) is 18.1 Å². The lowest BCUT2D eigenvalue weighted by Crippen LogP contribution is -2.45. The normalized spacial score (nSPS) is 25.9. The Bertz CT molecular complexity index is 797. The fraction of sp³-hybridized carbons (Fsp3) is 0.647. The number of hydrogen-bond donors (Lipinski definition) is 3. The van der Waals surface area contributed by atoms with Crippen molar-refractivity contribution in [1.29, 1.82) is 0 Å². The molecule has 1 saturated heterocycles. The summed E-state index contributed by atoms with van der Waals surface area (Å²) in [6.07, 6.45) is 4.49. The minimum absolute atomic E-state index is 0.0457. The van der Waals surface area contributed by atoms with Crippen LogP contribution in [0, 0.1) is 11.8 Å². The fourth-order valence-corrected chi connectivity index (χ4v) is 5.22. The molecule has 0 radical (unpaired) electrons. The molecule has 3 rings (SSSR count). The molecule has 150 valence electrons. The molecule has 0 spiro atoms. The maximum absolute atomic E-state index is 14.0. The Kier molecular flexibility index (Phi) is 5.95. The van der Waals surface area contributed by atoms with E-state index in [1.807, 2.05) is 0 Å². The number of nitrogens with two attached hydrogens (primary N) is 1. The van der Waals surface area contributed by atoms with Gasteiger partial charge in [0.2, 0.25) is 5.95 Å². The minimum Gasteiger partial charge on any atom is -0.365 e. The zero-order valence-corrected chi connectivity index (χ0v) is 15.7. The van der Waals surface area contributed by atoms with Crippen LogP contribution in [0.4, 0.5) is 14.6 Å². The van der Waals surface area contributed by atoms with E-state index in [9.17, 15) is 22.0 Å². The van der Waals surface area contributed by atoms with E-state index < -0.39 is 33.1 Å². The van der Waals surface area contributed by atoms with Crippen LogP contribution in [0.1, 0.15) is 48.9 Å². The summed E-state index contributed by atoms with van der Waals surface area (Å²) in [5.74, 6) is -2.71. The van der Waals surface area contributed by atoms with E-state index in [4.69, 9.17) is 5.73 Å². The van der Waals surface area contributed by atoms with Crippen molar-refractivity contribution in [3.05, 3.63) is 23.4 Å². The molecular weight excluding hydrogens is 378 g/mol. The number of hydrogen-bond acceptors (Lipinski definition) is 6. The summed E-state index contributed by atoms with van der Waals surface area (Å²) in [7, 11) is -2.87. The van der Waals surface area contributed by atoms with Crippen LogP contribution in [0.15, 0.2) is 6.07 Å². The maximum atomic E-state index is 14.0. The second kappa shape index (κ2) is 8.05. The number of rotatable bonds is 5. The standard InChI is InChI=1S/C17H24F2N4O3S/c18-14-9-13(16(20)24)15(19)23-17(14)22-11-3-1-10(2-4-11)21-12-5-7-27(25,26)8-6-12/h9-12,21H,1-8H2,(H2,20,24)(H,22,23)/t10-,11-. The second-order valence-electron chi connectivity index (χ2n) is 7.31. The number of nitrogens with one attached hydrogen (secondary N) is 2. The summed E-state index contributed by atoms with van der Waals surface area (Å²) in [4.78, 5) is 14.5. The van der Waals surface area contributed by atoms with Crippen molar-refractivity contribution in [1.82, 2.24) is 10.3 Å². The van der Waals surface area contributed by atoms with Crippen LogP contribution in [-0.4, -0.2) is 48.9 Å². The predicted molar refractivity (Wildman–Crippen MR) is 97.1 cm³/mol. The van der Waals surface area contributed by atoms with Crippen molar-refractivity contribution in [3.8, 4) is 0 Å². The molecule has 1 amide bonds. The summed E-state index contributed by atoms with van der Waals surface area (Å²) in [5, 5.41) is 6.43. The van der Waals surface area contributed by atoms with Crippen LogP contribution in [0.3, 0.4) is 0 Å². The van der Waals surface area contributed by atoms with Crippen LogP contribution in [-0.2, 0) is 9.84 Å². The third kappa shape index (κ3) is 5.13. The molecule has 1 aromatic rings. The number of primary amides is 1. The third-order valence-corrected chi connectivity index (χ3v) is 7.00. The number of nitrogens with zero attached hydrogens (tertiary/aromatic N) is 1. The van der Waals surface area contributed by atoms with Crippen LogP contribution in [0.25, 0.3) is 0 Å². The molecule has 0 aromatic carbocycles. The summed E-state index contributed by atoms with van der Waals surface area (Å²) in [5.41, 5.74) is 4.41. The lowest BCUT2D eigenvalue weighted by Gasteiger charge is -2.34. The lowest BCUT2D eigenvalue weighted by molar-refractivity contribution is 0.0995. The van der Waals surface area contributed by atoms with Crippen LogP contribution >= 0.6 is 0 Å². The molecule has 0 atom stereocenters. The van der Waals surface area contributed by atoms with Gasteiger partial charge in [0.15, 0.2) is 11.6 Å². The molecule has 1 aromatic heterocycles. The number of pyridine rings is 1. The number of anilines is 1. The Morgan fingerprint density at radius 1 is 1.04 bits per heavy atom. The second-order valence-corrected chi connectivity index (χ2v) is 9.61. The van der Waals surface area contributed by atoms with Gasteiger partial charge in [-0.1, -0.05) is 0 Å². The van der Waals surface area contributed by atoms with E-state index >= 15 is 0 Å². The fourth-order valence-electron chi connectivity index (χ4n) is 3.73. The Morgan fingerprint density at radius 2 is 1.59 bits per heavy atom. The Hall–Kier alpha value is -1.81. The first-order chi connectivity index (χ1) is 12.7. The zero-order valence-electron chi connectivity index (χ0n) is 14.9. The van der Waals surface area contributed by atoms with Crippen molar-refractivity contribution in [2.24, 2.45) is 5.73 Å². The molecular formula is C17H24F2N4O3S. The smallest absolute Gasteiger partial charge is 0.253 e. The number of amides is 1. The van der Waals surface area contributed by atoms with Gasteiger partial charge in [0.25, 0.3) is 5.91 Å². The van der Waals surface area contributed by atoms with Crippen LogP contribution < -0.4 is 16.4 Å². The van der Waals surface area contributed by atoms with Gasteiger partial charge in [-0.15, -0.1) is 0 Å². The summed E-state index contributed by atoms with van der Waals surface area (Å²) >= 11 is 0. The van der Waals surface area contributed by atoms with E-state index in [0.717, 1.165) is 31.7 Å². The van der Waals surface area contributed by atoms with Gasteiger partial charge in [-0.25, -0.2) is 12.8 Å². The Morgan fingerprint density at radius 3 is 2.19 bits per heavy atom. The van der Waals surface area contributed by atoms with E-state index in [1.165, 1.54) is 0 Å². The molecule has 27 heavy (non-hydrogen) atoms. The van der Waals surface area contributed by atoms with E-state index in [1.54, 1.807) is 0 Å². The molecule has 0 unspecified atom stereocenters. The van der Waals surface area contributed by atoms with Crippen molar-refractivity contribution in [3.63, 3.8) is 0 Å². The molecule has 1 aliphatic heterocycles. The largest absolute Gasteiger partial charge is 0.365 e. The molecule has 4 N–H and O–H groups in total. The Balaban J connectivity index is 1.50. The topological polar surface area (TPSA) is 114 Å². The highest BCUT2D eigenvalue weighted by atomic mass is 32.2. The number of carbonyl (C=O) groups excluding carboxylic acids is 1. The first-order valence-corrected chi connectivity index (χ1v) is 10.9. The maximum Gasteiger partial charge on any atom is 0.253 e. The quantitative estimate of drug-likeness (QED) is 0.641. The van der Waals surface area contributed by atoms with Crippen molar-refractivity contribution in [2.45, 2.75) is 56.7 Å². The molecule has 2 fully saturated rings. The SMILES string of the molecule is NC(=O)c1cc(F)c(N[C@H]2CC[C@H](NC3CCS(=O)(=O)CC3)CC2)nc1F. The lowest BCUT2D eigenvalue weighted by atomic mass is 9.90. The summed E-state index contributed by atoms with van der Waals surface area (Å²) < 4.78 is 50.8. The summed E-state index contributed by atoms with van der Waals surface area (Å²) in [6.45, 7) is 0. The van der Waals surface area contributed by atoms with Crippen LogP contribution in [0.5, 0.6) is 0 Å². The third-order valence-electron chi connectivity index (χ3n) is 5.29. The van der Waals surface area contributed by atoms with Crippen molar-refractivity contribution < 1.29 is 22.0 Å². The minimum atomic E-state index is -2.87. The van der Waals surface area contributed by atoms with Crippen molar-refractivity contribution >= 4 is 21.6 Å². The van der Waals surface area contributed by atoms with Gasteiger partial charge in [-0.3, -0.25) is 4.79 Å². The zero-order chi connectivity index (χ0) is 19.6. The average Bonchev–Trinajstić information content (AvgIpc) is 2.61. The molecule has 1 saturated carbocycles. The predicted octanol–water partition coefficient (Wildman–Crippen LogP) is 1.35. The summed E-state index contributed by atoms with van der Waals surface area (Å²) in [6, 6.07) is 1.23. The van der Waals surface area contributed by atoms with Gasteiger partial charge >= 0.3 is 0 Å². The number of aromatic nitrogens is 1. The highest BCUT2D eigenvalue weighted by Crippen LogP contribution is 2.25. The number of carbonyl (C=O) groups is 1. The van der Waals surface area contributed by atoms with Gasteiger partial charge in [-0.05, 0) is 44.6 Å². The molecule has 7 nitrogen and oxygen atoms in total. The molecule has 10 heteroatoms. The molecule has 2 heterocycles. The highest BCUT2D eigenvalue weighted by molar-refractivity contribution is 7.91. The van der Waals surface area contributed by atoms with E-state index in [-0.39, 0.29) is 29.4 Å². The molecule has 0 bridgehead atoms. The molecule has 1 aliphatic carbocycles. The van der Waals surface area contributed by atoms with E-state index in [2.05, 4.69) is 15.6 Å². The monoisotopic (exact) mass is 402 g/mol. The van der Waals surface area contributed by atoms with Crippen molar-refractivity contribution in [2.75, 3.05) is 16.8 Å². The number of halogens is 2. The first kappa shape index (κ1) is 19.9. The van der Waals surface area contributed by atoms with Gasteiger partial charge in [0.1, 0.15) is 9.84 Å². The first-order valence-electron chi connectivity index (χ1n) is 9.12.